The molecule has 0 aromatic heterocycles. The fourth-order valence-corrected chi connectivity index (χ4v) is 1.89. The molecule has 1 N–H and O–H groups in total. The third kappa shape index (κ3) is 3.21. The number of aliphatic hydroxyl groups excluding tert-OH is 1. The highest BCUT2D eigenvalue weighted by molar-refractivity contribution is 6.31. The van der Waals surface area contributed by atoms with Gasteiger partial charge < -0.3 is 9.84 Å². The minimum absolute atomic E-state index is 0.163. The lowest BCUT2D eigenvalue weighted by atomic mass is 10.00. The summed E-state index contributed by atoms with van der Waals surface area (Å²) in [6.07, 6.45) is 1.05. The molecule has 3 heteroatoms. The Hall–Kier alpha value is -0.570. The monoisotopic (exact) mass is 242 g/mol. The molecule has 0 saturated carbocycles. The van der Waals surface area contributed by atoms with Crippen LogP contribution in [0.3, 0.4) is 0 Å². The van der Waals surface area contributed by atoms with Crippen LogP contribution in [0.1, 0.15) is 37.0 Å². The molecule has 0 fully saturated rings. The molecule has 0 bridgehead atoms. The van der Waals surface area contributed by atoms with Crippen LogP contribution < -0.4 is 0 Å². The average molecular weight is 243 g/mol. The van der Waals surface area contributed by atoms with E-state index in [9.17, 15) is 5.11 Å². The highest BCUT2D eigenvalue weighted by Crippen LogP contribution is 2.26. The van der Waals surface area contributed by atoms with Crippen molar-refractivity contribution in [3.8, 4) is 0 Å². The summed E-state index contributed by atoms with van der Waals surface area (Å²) in [5.41, 5.74) is 1.83. The Labute approximate surface area is 102 Å². The molecule has 0 radical (unpaired) electrons. The lowest BCUT2D eigenvalue weighted by Gasteiger charge is -2.21. The predicted molar refractivity (Wildman–Crippen MR) is 66.9 cm³/mol. The van der Waals surface area contributed by atoms with Crippen molar-refractivity contribution in [1.29, 1.82) is 0 Å². The molecule has 0 saturated heterocycles. The molecular weight excluding hydrogens is 224 g/mol. The fourth-order valence-electron chi connectivity index (χ4n) is 1.70. The molecule has 90 valence electrons. The van der Waals surface area contributed by atoms with Gasteiger partial charge in [0.1, 0.15) is 6.10 Å². The van der Waals surface area contributed by atoms with Gasteiger partial charge in [0.05, 0.1) is 6.10 Å². The van der Waals surface area contributed by atoms with Gasteiger partial charge in [0.15, 0.2) is 0 Å². The number of halogens is 1. The standard InChI is InChI=1S/C13H19ClO2/c1-4-5-12(16-3)13(15)10-7-6-9(2)11(14)8-10/h6-8,12-13,15H,4-5H2,1-3H3. The summed E-state index contributed by atoms with van der Waals surface area (Å²) in [6.45, 7) is 4.01. The first kappa shape index (κ1) is 13.5. The molecule has 2 atom stereocenters. The maximum Gasteiger partial charge on any atom is 0.105 e. The minimum atomic E-state index is -0.608. The van der Waals surface area contributed by atoms with E-state index in [0.29, 0.717) is 5.02 Å². The summed E-state index contributed by atoms with van der Waals surface area (Å²) in [5, 5.41) is 10.8. The molecule has 0 aliphatic rings. The van der Waals surface area contributed by atoms with Gasteiger partial charge in [-0.3, -0.25) is 0 Å². The van der Waals surface area contributed by atoms with E-state index in [1.165, 1.54) is 0 Å². The first-order chi connectivity index (χ1) is 7.60. The zero-order chi connectivity index (χ0) is 12.1. The molecular formula is C13H19ClO2. The zero-order valence-corrected chi connectivity index (χ0v) is 10.8. The summed E-state index contributed by atoms with van der Waals surface area (Å²) < 4.78 is 5.28. The second-order valence-electron chi connectivity index (χ2n) is 4.02. The minimum Gasteiger partial charge on any atom is -0.386 e. The van der Waals surface area contributed by atoms with E-state index in [2.05, 4.69) is 6.92 Å². The lowest BCUT2D eigenvalue weighted by Crippen LogP contribution is -2.20. The quantitative estimate of drug-likeness (QED) is 0.857. The summed E-state index contributed by atoms with van der Waals surface area (Å²) in [4.78, 5) is 0. The van der Waals surface area contributed by atoms with Crippen LogP contribution in [0.5, 0.6) is 0 Å². The summed E-state index contributed by atoms with van der Waals surface area (Å²) >= 11 is 6.03. The van der Waals surface area contributed by atoms with Crippen molar-refractivity contribution in [2.75, 3.05) is 7.11 Å². The van der Waals surface area contributed by atoms with Crippen molar-refractivity contribution in [2.45, 2.75) is 38.9 Å². The van der Waals surface area contributed by atoms with Gasteiger partial charge in [-0.2, -0.15) is 0 Å². The molecule has 2 unspecified atom stereocenters. The van der Waals surface area contributed by atoms with Gasteiger partial charge in [0.2, 0.25) is 0 Å². The Bertz CT molecular complexity index is 339. The van der Waals surface area contributed by atoms with Crippen LogP contribution >= 0.6 is 11.6 Å². The summed E-state index contributed by atoms with van der Waals surface area (Å²) in [6, 6.07) is 5.62. The lowest BCUT2D eigenvalue weighted by molar-refractivity contribution is -0.0179. The van der Waals surface area contributed by atoms with Crippen LogP contribution in [0.2, 0.25) is 5.02 Å². The molecule has 0 spiro atoms. The SMILES string of the molecule is CCCC(OC)C(O)c1ccc(C)c(Cl)c1. The van der Waals surface area contributed by atoms with Gasteiger partial charge >= 0.3 is 0 Å². The summed E-state index contributed by atoms with van der Waals surface area (Å²) in [7, 11) is 1.62. The van der Waals surface area contributed by atoms with E-state index < -0.39 is 6.10 Å². The molecule has 0 aliphatic carbocycles. The Balaban J connectivity index is 2.85. The van der Waals surface area contributed by atoms with E-state index in [0.717, 1.165) is 24.0 Å². The third-order valence-electron chi connectivity index (χ3n) is 2.77. The highest BCUT2D eigenvalue weighted by atomic mass is 35.5. The van der Waals surface area contributed by atoms with E-state index >= 15 is 0 Å². The number of methoxy groups -OCH3 is 1. The van der Waals surface area contributed by atoms with Gasteiger partial charge in [-0.25, -0.2) is 0 Å². The smallest absolute Gasteiger partial charge is 0.105 e. The maximum atomic E-state index is 10.1. The van der Waals surface area contributed by atoms with Gasteiger partial charge in [-0.05, 0) is 30.5 Å². The van der Waals surface area contributed by atoms with Gasteiger partial charge in [0, 0.05) is 12.1 Å². The van der Waals surface area contributed by atoms with Crippen molar-refractivity contribution < 1.29 is 9.84 Å². The van der Waals surface area contributed by atoms with Crippen molar-refractivity contribution in [3.05, 3.63) is 34.3 Å². The number of aryl methyl sites for hydroxylation is 1. The average Bonchev–Trinajstić information content (AvgIpc) is 2.28. The van der Waals surface area contributed by atoms with Crippen LogP contribution in [-0.2, 0) is 4.74 Å². The Morgan fingerprint density at radius 3 is 2.62 bits per heavy atom. The second-order valence-corrected chi connectivity index (χ2v) is 4.42. The van der Waals surface area contributed by atoms with Crippen molar-refractivity contribution in [2.24, 2.45) is 0 Å². The maximum absolute atomic E-state index is 10.1. The van der Waals surface area contributed by atoms with Crippen LogP contribution in [0.4, 0.5) is 0 Å². The number of aliphatic hydroxyl groups is 1. The Morgan fingerprint density at radius 1 is 1.44 bits per heavy atom. The van der Waals surface area contributed by atoms with E-state index in [-0.39, 0.29) is 6.10 Å². The number of hydrogen-bond acceptors (Lipinski definition) is 2. The van der Waals surface area contributed by atoms with Crippen molar-refractivity contribution >= 4 is 11.6 Å². The zero-order valence-electron chi connectivity index (χ0n) is 10.0. The van der Waals surface area contributed by atoms with Gasteiger partial charge in [-0.1, -0.05) is 37.1 Å². The van der Waals surface area contributed by atoms with Crippen molar-refractivity contribution in [1.82, 2.24) is 0 Å². The number of benzene rings is 1. The van der Waals surface area contributed by atoms with Crippen molar-refractivity contribution in [3.63, 3.8) is 0 Å². The van der Waals surface area contributed by atoms with Crippen LogP contribution in [0.25, 0.3) is 0 Å². The molecule has 1 aromatic carbocycles. The molecule has 2 nitrogen and oxygen atoms in total. The normalized spacial score (nSPS) is 14.8. The Kier molecular flexibility index (Phi) is 5.26. The predicted octanol–water partition coefficient (Wildman–Crippen LogP) is 3.50. The van der Waals surface area contributed by atoms with Crippen LogP contribution in [-0.4, -0.2) is 18.3 Å². The molecule has 0 aliphatic heterocycles. The van der Waals surface area contributed by atoms with Gasteiger partial charge in [-0.15, -0.1) is 0 Å². The van der Waals surface area contributed by atoms with Gasteiger partial charge in [0.25, 0.3) is 0 Å². The molecule has 0 amide bonds. The number of rotatable bonds is 5. The van der Waals surface area contributed by atoms with Crippen LogP contribution in [0, 0.1) is 6.92 Å². The molecule has 1 aromatic rings. The number of hydrogen-bond donors (Lipinski definition) is 1. The first-order valence-corrected chi connectivity index (χ1v) is 5.94. The largest absolute Gasteiger partial charge is 0.386 e. The fraction of sp³-hybridized carbons (Fsp3) is 0.538. The van der Waals surface area contributed by atoms with Crippen LogP contribution in [0.15, 0.2) is 18.2 Å². The van der Waals surface area contributed by atoms with E-state index in [1.54, 1.807) is 7.11 Å². The van der Waals surface area contributed by atoms with E-state index in [1.807, 2.05) is 25.1 Å². The first-order valence-electron chi connectivity index (χ1n) is 5.57. The second kappa shape index (κ2) is 6.24. The topological polar surface area (TPSA) is 29.5 Å². The summed E-state index contributed by atoms with van der Waals surface area (Å²) in [5.74, 6) is 0. The van der Waals surface area contributed by atoms with E-state index in [4.69, 9.17) is 16.3 Å². The Morgan fingerprint density at radius 2 is 2.12 bits per heavy atom. The number of ether oxygens (including phenoxy) is 1. The molecule has 1 rings (SSSR count). The molecule has 16 heavy (non-hydrogen) atoms. The molecule has 0 heterocycles. The third-order valence-corrected chi connectivity index (χ3v) is 3.17. The highest BCUT2D eigenvalue weighted by Gasteiger charge is 2.20.